The van der Waals surface area contributed by atoms with Crippen LogP contribution < -0.4 is 9.62 Å². The predicted molar refractivity (Wildman–Crippen MR) is 145 cm³/mol. The molecule has 1 unspecified atom stereocenters. The number of furan rings is 1. The van der Waals surface area contributed by atoms with Crippen LogP contribution in [0.25, 0.3) is 28.2 Å². The topological polar surface area (TPSA) is 176 Å². The summed E-state index contributed by atoms with van der Waals surface area (Å²) in [6, 6.07) is 15.1. The number of rotatable bonds is 9. The number of hydrogen-bond acceptors (Lipinski definition) is 10. The van der Waals surface area contributed by atoms with Crippen LogP contribution in [-0.2, 0) is 14.8 Å². The average molecular weight is 558 g/mol. The Labute approximate surface area is 226 Å². The minimum atomic E-state index is -4.57. The van der Waals surface area contributed by atoms with Gasteiger partial charge in [0.15, 0.2) is 11.2 Å². The van der Waals surface area contributed by atoms with Crippen molar-refractivity contribution in [3.63, 3.8) is 0 Å². The number of ether oxygens (including phenoxy) is 1. The van der Waals surface area contributed by atoms with Crippen molar-refractivity contribution in [2.24, 2.45) is 0 Å². The largest absolute Gasteiger partial charge is 0.457 e. The van der Waals surface area contributed by atoms with E-state index in [-0.39, 0.29) is 5.76 Å². The van der Waals surface area contributed by atoms with E-state index in [9.17, 15) is 34.1 Å². The summed E-state index contributed by atoms with van der Waals surface area (Å²) >= 11 is 0. The molecule has 0 saturated carbocycles. The molecule has 0 bridgehead atoms. The second-order valence-corrected chi connectivity index (χ2v) is 10.8. The fourth-order valence-corrected chi connectivity index (χ4v) is 5.66. The summed E-state index contributed by atoms with van der Waals surface area (Å²) in [5.74, 6) is 0.550. The SMILES string of the molecule is CCN(CC)c1ccc2cc(-c3ccc(/C=C(\C#N)S(=O)(=O)N[C@H]4C(O)O[C@H](CO)[C@@H](O)[C@@H]4O)o3)ccc2c1. The van der Waals surface area contributed by atoms with Crippen LogP contribution in [0.15, 0.2) is 57.9 Å². The average Bonchev–Trinajstić information content (AvgIpc) is 3.40. The Bertz CT molecular complexity index is 1490. The molecule has 1 aliphatic rings. The molecular formula is C27H31N3O8S. The van der Waals surface area contributed by atoms with E-state index in [1.165, 1.54) is 6.07 Å². The van der Waals surface area contributed by atoms with Crippen molar-refractivity contribution in [3.8, 4) is 17.4 Å². The highest BCUT2D eigenvalue weighted by atomic mass is 32.2. The lowest BCUT2D eigenvalue weighted by atomic mass is 9.98. The van der Waals surface area contributed by atoms with E-state index in [4.69, 9.17) is 9.15 Å². The fourth-order valence-electron chi connectivity index (χ4n) is 4.52. The van der Waals surface area contributed by atoms with Crippen LogP contribution in [0.3, 0.4) is 0 Å². The number of sulfonamides is 1. The molecule has 0 aliphatic carbocycles. The van der Waals surface area contributed by atoms with Gasteiger partial charge in [0.2, 0.25) is 0 Å². The molecule has 1 fully saturated rings. The Balaban J connectivity index is 1.55. The third kappa shape index (κ3) is 6.00. The predicted octanol–water partition coefficient (Wildman–Crippen LogP) is 1.53. The first kappa shape index (κ1) is 28.7. The Kier molecular flexibility index (Phi) is 8.73. The van der Waals surface area contributed by atoms with E-state index < -0.39 is 52.2 Å². The normalized spacial score (nSPS) is 24.0. The first-order chi connectivity index (χ1) is 18.6. The molecule has 0 radical (unpaired) electrons. The highest BCUT2D eigenvalue weighted by Crippen LogP contribution is 2.30. The maximum atomic E-state index is 12.9. The van der Waals surface area contributed by atoms with Crippen LogP contribution in [0.1, 0.15) is 19.6 Å². The Morgan fingerprint density at radius 1 is 1.05 bits per heavy atom. The third-order valence-corrected chi connectivity index (χ3v) is 8.10. The number of aliphatic hydroxyl groups excluding tert-OH is 4. The first-order valence-corrected chi connectivity index (χ1v) is 13.9. The molecule has 4 rings (SSSR count). The van der Waals surface area contributed by atoms with Gasteiger partial charge >= 0.3 is 0 Å². The van der Waals surface area contributed by atoms with Crippen LogP contribution in [0.5, 0.6) is 0 Å². The van der Waals surface area contributed by atoms with Gasteiger partial charge in [-0.05, 0) is 55.0 Å². The second kappa shape index (κ2) is 11.8. The highest BCUT2D eigenvalue weighted by molar-refractivity contribution is 7.93. The van der Waals surface area contributed by atoms with Gasteiger partial charge in [-0.1, -0.05) is 18.2 Å². The van der Waals surface area contributed by atoms with Gasteiger partial charge in [0, 0.05) is 30.4 Å². The van der Waals surface area contributed by atoms with E-state index >= 15 is 0 Å². The summed E-state index contributed by atoms with van der Waals surface area (Å²) in [6.07, 6.45) is -5.63. The number of aliphatic hydroxyl groups is 4. The zero-order chi connectivity index (χ0) is 28.3. The summed E-state index contributed by atoms with van der Waals surface area (Å²) in [4.78, 5) is 1.51. The van der Waals surface area contributed by atoms with E-state index in [1.807, 2.05) is 29.0 Å². The molecule has 5 N–H and O–H groups in total. The number of hydrogen-bond donors (Lipinski definition) is 5. The van der Waals surface area contributed by atoms with Crippen molar-refractivity contribution in [1.82, 2.24) is 4.72 Å². The number of nitrogens with zero attached hydrogens (tertiary/aromatic N) is 2. The lowest BCUT2D eigenvalue weighted by molar-refractivity contribution is -0.251. The lowest BCUT2D eigenvalue weighted by Crippen LogP contribution is -2.64. The smallest absolute Gasteiger partial charge is 0.251 e. The number of benzene rings is 2. The highest BCUT2D eigenvalue weighted by Gasteiger charge is 2.45. The zero-order valence-electron chi connectivity index (χ0n) is 21.4. The molecule has 12 heteroatoms. The van der Waals surface area contributed by atoms with Crippen LogP contribution in [-0.4, -0.2) is 79.2 Å². The molecule has 208 valence electrons. The van der Waals surface area contributed by atoms with Crippen molar-refractivity contribution >= 4 is 32.6 Å². The summed E-state index contributed by atoms with van der Waals surface area (Å²) in [5, 5.41) is 51.1. The van der Waals surface area contributed by atoms with E-state index in [1.54, 1.807) is 12.1 Å². The van der Waals surface area contributed by atoms with Crippen molar-refractivity contribution in [2.75, 3.05) is 24.6 Å². The number of anilines is 1. The van der Waals surface area contributed by atoms with Crippen LogP contribution >= 0.6 is 0 Å². The van der Waals surface area contributed by atoms with Crippen molar-refractivity contribution < 1.29 is 38.0 Å². The summed E-state index contributed by atoms with van der Waals surface area (Å²) in [5.41, 5.74) is 1.89. The Hall–Kier alpha value is -3.28. The molecule has 0 spiro atoms. The molecule has 3 aromatic rings. The van der Waals surface area contributed by atoms with Gasteiger partial charge in [0.25, 0.3) is 10.0 Å². The summed E-state index contributed by atoms with van der Waals surface area (Å²) in [7, 11) is -4.57. The standard InChI is InChI=1S/C27H31N3O8S/c1-3-30(4-2)19-8-7-16-11-18(6-5-17(16)12-19)22-10-9-20(37-22)13-21(14-28)39(35,36)29-24-26(33)25(32)23(15-31)38-27(24)34/h5-13,23-27,29,31-34H,3-4,15H2,1-2H3/b21-13+/t23-,24-,25-,26-,27?/m1/s1. The van der Waals surface area contributed by atoms with Gasteiger partial charge in [-0.3, -0.25) is 0 Å². The number of fused-ring (bicyclic) bond motifs is 1. The zero-order valence-corrected chi connectivity index (χ0v) is 22.2. The molecule has 1 saturated heterocycles. The molecule has 5 atom stereocenters. The number of nitrogens with one attached hydrogen (secondary N) is 1. The number of nitriles is 1. The fraction of sp³-hybridized carbons (Fsp3) is 0.370. The van der Waals surface area contributed by atoms with Crippen LogP contribution in [0, 0.1) is 11.3 Å². The van der Waals surface area contributed by atoms with Gasteiger partial charge in [0.1, 0.15) is 41.9 Å². The van der Waals surface area contributed by atoms with Gasteiger partial charge in [-0.25, -0.2) is 8.42 Å². The maximum Gasteiger partial charge on any atom is 0.251 e. The summed E-state index contributed by atoms with van der Waals surface area (Å²) < 4.78 is 38.5. The molecule has 1 aliphatic heterocycles. The molecule has 2 heterocycles. The number of allylic oxidation sites excluding steroid dienone is 1. The van der Waals surface area contributed by atoms with Crippen LogP contribution in [0.2, 0.25) is 0 Å². The van der Waals surface area contributed by atoms with E-state index in [2.05, 4.69) is 30.9 Å². The lowest BCUT2D eigenvalue weighted by Gasteiger charge is -2.40. The van der Waals surface area contributed by atoms with Crippen molar-refractivity contribution in [3.05, 3.63) is 59.2 Å². The molecule has 1 aromatic heterocycles. The summed E-state index contributed by atoms with van der Waals surface area (Å²) in [6.45, 7) is 5.31. The quantitative estimate of drug-likeness (QED) is 0.243. The molecule has 2 aromatic carbocycles. The van der Waals surface area contributed by atoms with Gasteiger partial charge in [0.05, 0.1) is 6.61 Å². The van der Waals surface area contributed by atoms with Crippen LogP contribution in [0.4, 0.5) is 5.69 Å². The molecule has 11 nitrogen and oxygen atoms in total. The van der Waals surface area contributed by atoms with E-state index in [0.29, 0.717) is 5.76 Å². The Morgan fingerprint density at radius 2 is 1.74 bits per heavy atom. The third-order valence-electron chi connectivity index (χ3n) is 6.73. The minimum absolute atomic E-state index is 0.0882. The van der Waals surface area contributed by atoms with Gasteiger partial charge in [-0.2, -0.15) is 9.98 Å². The van der Waals surface area contributed by atoms with Crippen molar-refractivity contribution in [2.45, 2.75) is 44.5 Å². The molecule has 0 amide bonds. The monoisotopic (exact) mass is 557 g/mol. The van der Waals surface area contributed by atoms with Gasteiger partial charge in [-0.15, -0.1) is 0 Å². The first-order valence-electron chi connectivity index (χ1n) is 12.5. The van der Waals surface area contributed by atoms with Gasteiger partial charge < -0.3 is 34.5 Å². The van der Waals surface area contributed by atoms with E-state index in [0.717, 1.165) is 41.2 Å². The second-order valence-electron chi connectivity index (χ2n) is 9.12. The van der Waals surface area contributed by atoms with Crippen molar-refractivity contribution in [1.29, 1.82) is 5.26 Å². The molecular weight excluding hydrogens is 526 g/mol. The maximum absolute atomic E-state index is 12.9. The minimum Gasteiger partial charge on any atom is -0.457 e. The molecule has 39 heavy (non-hydrogen) atoms. The Morgan fingerprint density at radius 3 is 2.41 bits per heavy atom.